The van der Waals surface area contributed by atoms with Crippen molar-refractivity contribution in [1.82, 2.24) is 28.7 Å². The average molecular weight is 1700 g/mol. The molecule has 120 heavy (non-hydrogen) atoms. The standard InChI is InChI=1S/C26H40N2O5Si.C20H26N2O5.C17H22N2O5.C14H15NO2.C13H28O4Si/c1-24(2,3)34(8,9)31-16-20-19(32-26(6,7)33-20)15-30-22-23(29)28-14-13-25(4,5)17-11-10-12-18(27-22)21(17)28;1-19(2)8-9-22-16-12(19)6-5-7-13(16)21-17(18(22)24)25-11-15-14(10-23)26-20(3,4)27-15;1-17(2)6-7-19-14-10(17)4-3-5-11(14)18-15(16(19)23)24-9-13(22)12(21)8-20;1-14(2)6-7-15-12-9(4-3-5-10(12)14)8-11(16)13(15)17;1-12(2,3)18(6,7)15-9-11-10(8-14)16-13(4,5)17-11/h10-12,19-20H,13-16H2,1-9H3;5-7,14-15,23H,8-11H2,1-4H3;3-5,12-13,20-22H,6-9H2,1-2H3;3-5H,6-8H2,1-2H3;10-11,14H,8-9H2,1-7H3/t19-,20-;14-,15-;12-,13-;;10-,11-/m000.0/s1. The summed E-state index contributed by atoms with van der Waals surface area (Å²) in [5.74, 6) is -2.72. The SMILES string of the molecule is CC1(C)CCN2C(=O)C(=O)Cc3cccc1c32.CC1(C)CCn2c(=O)c(OC[C@H](O)[C@@H](O)CO)nc3cccc1c32.CC1(C)O[C@@H](CO)[C@H](CO[Si](C)(C)C(C)(C)C)O1.CC1(C)O[C@@H](CO)[C@H](COc2nc3cccc4c3n(c2=O)CCC4(C)C)O1.CC1(C)O[C@@H](COc2nc3cccc4c3n(c2=O)CCC4(C)C)[C@H](CO[Si](C)(C)C(C)(C)C)O1. The predicted octanol–water partition coefficient (Wildman–Crippen LogP) is 11.5. The molecule has 8 atom stereocenters. The molecule has 0 radical (unpaired) electrons. The summed E-state index contributed by atoms with van der Waals surface area (Å²) in [6.07, 6.45) is -0.914. The van der Waals surface area contributed by atoms with Gasteiger partial charge >= 0.3 is 16.7 Å². The van der Waals surface area contributed by atoms with Gasteiger partial charge in [0.1, 0.15) is 68.7 Å². The summed E-state index contributed by atoms with van der Waals surface area (Å²) < 4.78 is 69.9. The number of hydrogen-bond donors (Lipinski definition) is 5. The van der Waals surface area contributed by atoms with E-state index in [4.69, 9.17) is 56.6 Å². The molecule has 660 valence electrons. The molecule has 3 aromatic heterocycles. The molecule has 11 heterocycles. The van der Waals surface area contributed by atoms with Crippen LogP contribution >= 0.6 is 0 Å². The highest BCUT2D eigenvalue weighted by molar-refractivity contribution is 6.74. The van der Waals surface area contributed by atoms with Gasteiger partial charge in [0, 0.05) is 32.6 Å². The molecule has 4 aromatic carbocycles. The lowest BCUT2D eigenvalue weighted by molar-refractivity contribution is -0.151. The summed E-state index contributed by atoms with van der Waals surface area (Å²) in [6, 6.07) is 23.7. The Kier molecular flexibility index (Phi) is 27.3. The molecule has 5 N–H and O–H groups in total. The molecule has 0 saturated carbocycles. The molecule has 3 fully saturated rings. The summed E-state index contributed by atoms with van der Waals surface area (Å²) in [5.41, 5.74) is 10.7. The maximum atomic E-state index is 13.3. The molecule has 0 unspecified atom stereocenters. The zero-order valence-electron chi connectivity index (χ0n) is 75.0. The van der Waals surface area contributed by atoms with Crippen molar-refractivity contribution in [3.05, 3.63) is 132 Å². The lowest BCUT2D eigenvalue weighted by atomic mass is 9.75. The van der Waals surface area contributed by atoms with Gasteiger partial charge in [0.15, 0.2) is 34.0 Å². The normalized spacial score (nSPS) is 23.6. The fraction of sp³-hybridized carbons (Fsp3) is 0.644. The number of carbonyl (C=O) groups is 2. The highest BCUT2D eigenvalue weighted by atomic mass is 28.4. The monoisotopic (exact) mass is 1700 g/mol. The maximum Gasteiger partial charge on any atom is 0.313 e. The van der Waals surface area contributed by atoms with Crippen LogP contribution in [0.15, 0.2) is 87.2 Å². The number of ether oxygens (including phenoxy) is 9. The number of anilines is 1. The number of aromatic nitrogens is 6. The molecule has 0 bridgehead atoms. The largest absolute Gasteiger partial charge is 0.471 e. The number of carbonyl (C=O) groups excluding carboxylic acids is 2. The molecule has 30 heteroatoms. The Morgan fingerprint density at radius 3 is 1.12 bits per heavy atom. The highest BCUT2D eigenvalue weighted by Crippen LogP contribution is 2.46. The summed E-state index contributed by atoms with van der Waals surface area (Å²) in [7, 11) is -3.72. The van der Waals surface area contributed by atoms with Crippen LogP contribution in [0.25, 0.3) is 33.1 Å². The molecular weight excluding hydrogens is 1570 g/mol. The first-order chi connectivity index (χ1) is 55.7. The topological polar surface area (TPSA) is 345 Å². The minimum absolute atomic E-state index is 0.00492. The van der Waals surface area contributed by atoms with Crippen LogP contribution in [-0.4, -0.2) is 208 Å². The number of Topliss-reactive ketones (excluding diaryl/α,β-unsaturated/α-hetero) is 1. The van der Waals surface area contributed by atoms with Crippen molar-refractivity contribution >= 4 is 67.1 Å². The number of aliphatic hydroxyl groups is 5. The van der Waals surface area contributed by atoms with E-state index >= 15 is 0 Å². The second-order valence-corrected chi connectivity index (χ2v) is 49.6. The summed E-state index contributed by atoms with van der Waals surface area (Å²) in [5, 5.41) is 46.9. The number of nitrogens with zero attached hydrogens (tertiary/aromatic N) is 7. The fourth-order valence-corrected chi connectivity index (χ4v) is 18.2. The molecule has 0 aliphatic carbocycles. The first-order valence-corrected chi connectivity index (χ1v) is 48.0. The number of aliphatic hydroxyl groups excluding tert-OH is 5. The highest BCUT2D eigenvalue weighted by Gasteiger charge is 2.49. The number of hydrogen-bond acceptors (Lipinski definition) is 24. The third kappa shape index (κ3) is 20.1. The summed E-state index contributed by atoms with van der Waals surface area (Å²) >= 11 is 0. The Morgan fingerprint density at radius 1 is 0.433 bits per heavy atom. The van der Waals surface area contributed by atoms with Gasteiger partial charge in [0.05, 0.1) is 71.8 Å². The van der Waals surface area contributed by atoms with Gasteiger partial charge in [0.2, 0.25) is 5.78 Å². The lowest BCUT2D eigenvalue weighted by Crippen LogP contribution is -2.47. The number of amides is 1. The number of rotatable bonds is 19. The lowest BCUT2D eigenvalue weighted by Gasteiger charge is -2.41. The van der Waals surface area contributed by atoms with Gasteiger partial charge in [-0.15, -0.1) is 0 Å². The van der Waals surface area contributed by atoms with Crippen molar-refractivity contribution in [2.45, 2.75) is 314 Å². The van der Waals surface area contributed by atoms with Gasteiger partial charge in [-0.1, -0.05) is 152 Å². The molecule has 15 rings (SSSR count). The second kappa shape index (κ2) is 35.1. The van der Waals surface area contributed by atoms with Gasteiger partial charge in [-0.05, 0) is 171 Å². The second-order valence-electron chi connectivity index (χ2n) is 39.9. The van der Waals surface area contributed by atoms with Gasteiger partial charge in [-0.2, -0.15) is 0 Å². The van der Waals surface area contributed by atoms with Crippen molar-refractivity contribution in [1.29, 1.82) is 0 Å². The van der Waals surface area contributed by atoms with E-state index in [1.807, 2.05) is 86.9 Å². The quantitative estimate of drug-likeness (QED) is 0.0371. The first kappa shape index (κ1) is 93.5. The Balaban J connectivity index is 0.000000150. The van der Waals surface area contributed by atoms with Crippen LogP contribution in [0.4, 0.5) is 5.69 Å². The van der Waals surface area contributed by atoms with Crippen molar-refractivity contribution in [2.24, 2.45) is 0 Å². The Labute approximate surface area is 706 Å². The zero-order chi connectivity index (χ0) is 88.4. The van der Waals surface area contributed by atoms with E-state index in [2.05, 4.69) is 156 Å². The van der Waals surface area contributed by atoms with Crippen molar-refractivity contribution in [3.63, 3.8) is 0 Å². The molecular formula is C90H131N7O21Si2. The summed E-state index contributed by atoms with van der Waals surface area (Å²) in [4.78, 5) is 77.4. The van der Waals surface area contributed by atoms with Gasteiger partial charge in [-0.25, -0.2) is 15.0 Å². The zero-order valence-corrected chi connectivity index (χ0v) is 77.0. The first-order valence-electron chi connectivity index (χ1n) is 42.2. The number of aryl methyl sites for hydroxylation is 3. The minimum Gasteiger partial charge on any atom is -0.471 e. The Morgan fingerprint density at radius 2 is 0.750 bits per heavy atom. The van der Waals surface area contributed by atoms with E-state index in [0.717, 1.165) is 81.2 Å². The number of para-hydroxylation sites is 4. The predicted molar refractivity (Wildman–Crippen MR) is 464 cm³/mol. The van der Waals surface area contributed by atoms with Crippen LogP contribution in [0.5, 0.6) is 17.6 Å². The molecule has 8 aliphatic heterocycles. The van der Waals surface area contributed by atoms with E-state index in [1.54, 1.807) is 27.9 Å². The van der Waals surface area contributed by atoms with Crippen LogP contribution in [0.1, 0.15) is 192 Å². The molecule has 8 aliphatic rings. The minimum atomic E-state index is -1.94. The van der Waals surface area contributed by atoms with Crippen molar-refractivity contribution in [2.75, 3.05) is 64.3 Å². The fourth-order valence-electron chi connectivity index (χ4n) is 16.1. The third-order valence-corrected chi connectivity index (χ3v) is 34.6. The van der Waals surface area contributed by atoms with Gasteiger partial charge in [0.25, 0.3) is 23.5 Å². The van der Waals surface area contributed by atoms with E-state index < -0.39 is 65.0 Å². The van der Waals surface area contributed by atoms with Crippen LogP contribution in [-0.2, 0) is 94.6 Å². The molecule has 7 aromatic rings. The van der Waals surface area contributed by atoms with E-state index in [0.29, 0.717) is 44.9 Å². The van der Waals surface area contributed by atoms with Crippen LogP contribution in [0, 0.1) is 0 Å². The van der Waals surface area contributed by atoms with E-state index in [9.17, 15) is 44.4 Å². The Bertz CT molecular complexity index is 5090. The smallest absolute Gasteiger partial charge is 0.313 e. The Hall–Kier alpha value is -7.25. The van der Waals surface area contributed by atoms with Gasteiger partial charge < -0.3 is 95.6 Å². The maximum absolute atomic E-state index is 13.3. The van der Waals surface area contributed by atoms with Crippen LogP contribution < -0.4 is 35.8 Å². The molecule has 3 saturated heterocycles. The molecule has 1 amide bonds. The number of ketones is 1. The van der Waals surface area contributed by atoms with Crippen molar-refractivity contribution < 1.29 is 86.6 Å². The third-order valence-electron chi connectivity index (χ3n) is 25.6. The van der Waals surface area contributed by atoms with Crippen LogP contribution in [0.3, 0.4) is 0 Å². The van der Waals surface area contributed by atoms with Crippen molar-refractivity contribution in [3.8, 4) is 17.6 Å². The number of benzene rings is 4. The van der Waals surface area contributed by atoms with E-state index in [1.165, 1.54) is 5.56 Å². The molecule has 0 spiro atoms. The van der Waals surface area contributed by atoms with E-state index in [-0.39, 0.29) is 142 Å². The van der Waals surface area contributed by atoms with Crippen LogP contribution in [0.2, 0.25) is 36.3 Å². The summed E-state index contributed by atoms with van der Waals surface area (Å²) in [6.45, 7) is 53.3. The average Bonchev–Trinajstić information content (AvgIpc) is 0.778. The van der Waals surface area contributed by atoms with Gasteiger partial charge in [-0.3, -0.25) is 24.0 Å². The molecule has 28 nitrogen and oxygen atoms in total.